The molecule has 0 unspecified atom stereocenters. The predicted octanol–water partition coefficient (Wildman–Crippen LogP) is 3.74. The van der Waals surface area contributed by atoms with Crippen LogP contribution in [0.15, 0.2) is 49.5 Å². The molecule has 134 valence electrons. The zero-order chi connectivity index (χ0) is 18.7. The van der Waals surface area contributed by atoms with Crippen molar-refractivity contribution in [2.24, 2.45) is 5.10 Å². The Bertz CT molecular complexity index is 974. The van der Waals surface area contributed by atoms with Crippen LogP contribution in [0.5, 0.6) is 11.5 Å². The number of nitrogens with one attached hydrogen (secondary N) is 2. The molecule has 0 aliphatic rings. The standard InChI is InChI=1S/C16H12Br2N4O3S/c17-9-5-8(14(24)13(18)15(9)25)6-19-22-12(23)7-26-16-20-10-3-1-2-4-11(10)21-16/h1-6,24-25H,7H2,(H,20,21)(H,22,23)/b19-6-. The molecule has 0 radical (unpaired) electrons. The highest BCUT2D eigenvalue weighted by atomic mass is 79.9. The van der Waals surface area contributed by atoms with Gasteiger partial charge in [0.1, 0.15) is 16.0 Å². The summed E-state index contributed by atoms with van der Waals surface area (Å²) >= 11 is 7.50. The number of fused-ring (bicyclic) bond motifs is 1. The molecule has 0 saturated carbocycles. The van der Waals surface area contributed by atoms with Gasteiger partial charge in [0.2, 0.25) is 0 Å². The molecule has 3 rings (SSSR count). The molecule has 0 saturated heterocycles. The summed E-state index contributed by atoms with van der Waals surface area (Å²) in [5.41, 5.74) is 4.46. The number of hydrazone groups is 1. The predicted molar refractivity (Wildman–Crippen MR) is 108 cm³/mol. The highest BCUT2D eigenvalue weighted by Crippen LogP contribution is 2.40. The number of aromatic hydroxyl groups is 2. The molecule has 0 aliphatic heterocycles. The molecule has 1 amide bonds. The second-order valence-electron chi connectivity index (χ2n) is 5.10. The number of hydrogen-bond donors (Lipinski definition) is 4. The van der Waals surface area contributed by atoms with Gasteiger partial charge in [-0.2, -0.15) is 5.10 Å². The number of aromatic nitrogens is 2. The Labute approximate surface area is 169 Å². The normalized spacial score (nSPS) is 11.3. The largest absolute Gasteiger partial charge is 0.506 e. The molecule has 0 atom stereocenters. The van der Waals surface area contributed by atoms with Gasteiger partial charge in [-0.3, -0.25) is 4.79 Å². The van der Waals surface area contributed by atoms with Crippen LogP contribution >= 0.6 is 43.6 Å². The molecule has 1 aromatic heterocycles. The Hall–Kier alpha value is -2.04. The maximum Gasteiger partial charge on any atom is 0.250 e. The zero-order valence-corrected chi connectivity index (χ0v) is 17.0. The number of nitrogens with zero attached hydrogens (tertiary/aromatic N) is 2. The molecule has 0 spiro atoms. The van der Waals surface area contributed by atoms with E-state index in [-0.39, 0.29) is 27.6 Å². The van der Waals surface area contributed by atoms with Crippen LogP contribution in [0, 0.1) is 0 Å². The average Bonchev–Trinajstić information content (AvgIpc) is 3.05. The number of H-pyrrole nitrogens is 1. The highest BCUT2D eigenvalue weighted by Gasteiger charge is 2.13. The first-order chi connectivity index (χ1) is 12.5. The molecule has 3 aromatic rings. The quantitative estimate of drug-likeness (QED) is 0.243. The van der Waals surface area contributed by atoms with E-state index < -0.39 is 0 Å². The van der Waals surface area contributed by atoms with Crippen LogP contribution in [0.1, 0.15) is 5.56 Å². The van der Waals surface area contributed by atoms with Crippen molar-refractivity contribution >= 4 is 66.8 Å². The minimum absolute atomic E-state index is 0.120. The van der Waals surface area contributed by atoms with Gasteiger partial charge in [0.15, 0.2) is 5.16 Å². The third-order valence-electron chi connectivity index (χ3n) is 3.30. The molecular formula is C16H12Br2N4O3S. The van der Waals surface area contributed by atoms with Crippen LogP contribution in [0.4, 0.5) is 0 Å². The lowest BCUT2D eigenvalue weighted by molar-refractivity contribution is -0.118. The molecule has 26 heavy (non-hydrogen) atoms. The molecule has 0 bridgehead atoms. The number of phenols is 2. The summed E-state index contributed by atoms with van der Waals surface area (Å²) in [5, 5.41) is 24.1. The summed E-state index contributed by atoms with van der Waals surface area (Å²) in [7, 11) is 0. The smallest absolute Gasteiger partial charge is 0.250 e. The van der Waals surface area contributed by atoms with Gasteiger partial charge in [0, 0.05) is 5.56 Å². The maximum absolute atomic E-state index is 11.9. The summed E-state index contributed by atoms with van der Waals surface area (Å²) in [6.07, 6.45) is 1.29. The summed E-state index contributed by atoms with van der Waals surface area (Å²) in [4.78, 5) is 19.4. The Balaban J connectivity index is 1.58. The van der Waals surface area contributed by atoms with Crippen molar-refractivity contribution in [3.05, 3.63) is 44.8 Å². The van der Waals surface area contributed by atoms with Crippen molar-refractivity contribution in [3.8, 4) is 11.5 Å². The van der Waals surface area contributed by atoms with E-state index >= 15 is 0 Å². The van der Waals surface area contributed by atoms with Crippen molar-refractivity contribution in [1.82, 2.24) is 15.4 Å². The third kappa shape index (κ3) is 4.19. The number of phenolic OH excluding ortho intramolecular Hbond substituents is 2. The Kier molecular flexibility index (Phi) is 5.84. The molecule has 7 nitrogen and oxygen atoms in total. The Morgan fingerprint density at radius 1 is 1.31 bits per heavy atom. The van der Waals surface area contributed by atoms with Gasteiger partial charge in [-0.05, 0) is 50.1 Å². The van der Waals surface area contributed by atoms with E-state index in [0.29, 0.717) is 15.2 Å². The third-order valence-corrected chi connectivity index (χ3v) is 5.53. The van der Waals surface area contributed by atoms with Gasteiger partial charge < -0.3 is 15.2 Å². The molecule has 0 fully saturated rings. The molecule has 1 heterocycles. The van der Waals surface area contributed by atoms with Crippen LogP contribution < -0.4 is 5.43 Å². The van der Waals surface area contributed by atoms with Crippen LogP contribution in [0.25, 0.3) is 11.0 Å². The summed E-state index contributed by atoms with van der Waals surface area (Å²) in [5.74, 6) is -0.485. The van der Waals surface area contributed by atoms with Crippen LogP contribution in [-0.4, -0.2) is 38.1 Å². The number of rotatable bonds is 5. The van der Waals surface area contributed by atoms with Gasteiger partial charge in [-0.15, -0.1) is 0 Å². The molecular weight excluding hydrogens is 488 g/mol. The van der Waals surface area contributed by atoms with Gasteiger partial charge in [0.05, 0.1) is 27.5 Å². The van der Waals surface area contributed by atoms with Crippen molar-refractivity contribution < 1.29 is 15.0 Å². The summed E-state index contributed by atoms with van der Waals surface area (Å²) in [6, 6.07) is 9.09. The fourth-order valence-electron chi connectivity index (χ4n) is 2.05. The van der Waals surface area contributed by atoms with Crippen LogP contribution in [0.3, 0.4) is 0 Å². The topological polar surface area (TPSA) is 111 Å². The number of hydrogen-bond acceptors (Lipinski definition) is 6. The van der Waals surface area contributed by atoms with E-state index in [1.807, 2.05) is 24.3 Å². The van der Waals surface area contributed by atoms with Crippen molar-refractivity contribution in [3.63, 3.8) is 0 Å². The number of thioether (sulfide) groups is 1. The van der Waals surface area contributed by atoms with Gasteiger partial charge in [-0.1, -0.05) is 23.9 Å². The average molecular weight is 500 g/mol. The molecule has 0 aliphatic carbocycles. The number of para-hydroxylation sites is 2. The van der Waals surface area contributed by atoms with Crippen molar-refractivity contribution in [2.75, 3.05) is 5.75 Å². The SMILES string of the molecule is O=C(CSc1nc2ccccc2[nH]1)N/N=C\c1cc(Br)c(O)c(Br)c1O. The first-order valence-electron chi connectivity index (χ1n) is 7.25. The van der Waals surface area contributed by atoms with Crippen LogP contribution in [-0.2, 0) is 4.79 Å². The Morgan fingerprint density at radius 2 is 2.08 bits per heavy atom. The van der Waals surface area contributed by atoms with E-state index in [1.165, 1.54) is 24.0 Å². The lowest BCUT2D eigenvalue weighted by Crippen LogP contribution is -2.19. The summed E-state index contributed by atoms with van der Waals surface area (Å²) in [6.45, 7) is 0. The minimum Gasteiger partial charge on any atom is -0.506 e. The lowest BCUT2D eigenvalue weighted by atomic mass is 10.2. The number of halogens is 2. The minimum atomic E-state index is -0.317. The second-order valence-corrected chi connectivity index (χ2v) is 7.71. The number of carbonyl (C=O) groups is 1. The molecule has 4 N–H and O–H groups in total. The van der Waals surface area contributed by atoms with E-state index in [4.69, 9.17) is 0 Å². The number of benzene rings is 2. The van der Waals surface area contributed by atoms with E-state index in [9.17, 15) is 15.0 Å². The summed E-state index contributed by atoms with van der Waals surface area (Å²) < 4.78 is 0.524. The van der Waals surface area contributed by atoms with Crippen molar-refractivity contribution in [2.45, 2.75) is 5.16 Å². The number of amides is 1. The van der Waals surface area contributed by atoms with E-state index in [2.05, 4.69) is 52.4 Å². The lowest BCUT2D eigenvalue weighted by Gasteiger charge is -2.06. The number of aromatic amines is 1. The fourth-order valence-corrected chi connectivity index (χ4v) is 3.88. The second kappa shape index (κ2) is 8.11. The number of carbonyl (C=O) groups excluding carboxylic acids is 1. The molecule has 10 heteroatoms. The molecule has 2 aromatic carbocycles. The zero-order valence-electron chi connectivity index (χ0n) is 13.0. The first-order valence-corrected chi connectivity index (χ1v) is 9.82. The van der Waals surface area contributed by atoms with E-state index in [1.54, 1.807) is 0 Å². The highest BCUT2D eigenvalue weighted by molar-refractivity contribution is 9.11. The maximum atomic E-state index is 11.9. The van der Waals surface area contributed by atoms with Gasteiger partial charge in [0.25, 0.3) is 5.91 Å². The Morgan fingerprint density at radius 3 is 2.85 bits per heavy atom. The van der Waals surface area contributed by atoms with Crippen LogP contribution in [0.2, 0.25) is 0 Å². The monoisotopic (exact) mass is 498 g/mol. The number of imidazole rings is 1. The van der Waals surface area contributed by atoms with Gasteiger partial charge >= 0.3 is 0 Å². The van der Waals surface area contributed by atoms with Crippen molar-refractivity contribution in [1.29, 1.82) is 0 Å². The van der Waals surface area contributed by atoms with E-state index in [0.717, 1.165) is 11.0 Å². The first kappa shape index (κ1) is 18.7. The van der Waals surface area contributed by atoms with Gasteiger partial charge in [-0.25, -0.2) is 10.4 Å². The fraction of sp³-hybridized carbons (Fsp3) is 0.0625.